The van der Waals surface area contributed by atoms with Gasteiger partial charge in [0.15, 0.2) is 5.01 Å². The zero-order valence-electron chi connectivity index (χ0n) is 13.7. The zero-order chi connectivity index (χ0) is 18.9. The Morgan fingerprint density at radius 3 is 2.50 bits per heavy atom. The number of anilines is 1. The van der Waals surface area contributed by atoms with Crippen LogP contribution >= 0.6 is 11.3 Å². The molecule has 0 atom stereocenters. The summed E-state index contributed by atoms with van der Waals surface area (Å²) in [5.74, 6) is -0.408. The molecule has 0 amide bonds. The largest absolute Gasteiger partial charge is 0.573 e. The van der Waals surface area contributed by atoms with Crippen LogP contribution in [0, 0.1) is 0 Å². The number of hydrogen-bond donors (Lipinski definition) is 1. The molecule has 0 aliphatic heterocycles. The third kappa shape index (κ3) is 3.85. The second-order valence-electron chi connectivity index (χ2n) is 5.29. The first-order valence-corrected chi connectivity index (χ1v) is 8.17. The lowest BCUT2D eigenvalue weighted by molar-refractivity contribution is -0.274. The Balaban J connectivity index is 2.10. The highest BCUT2D eigenvalue weighted by atomic mass is 32.1. The van der Waals surface area contributed by atoms with Crippen LogP contribution in [0.25, 0.3) is 21.7 Å². The van der Waals surface area contributed by atoms with Crippen molar-refractivity contribution in [2.24, 2.45) is 7.05 Å². The SMILES string of the molecule is CNc1nnc(-c2ccc(-c3ccn(C)c(=O)c3)cc2OC(F)(F)F)s1. The van der Waals surface area contributed by atoms with Gasteiger partial charge in [-0.25, -0.2) is 0 Å². The monoisotopic (exact) mass is 382 g/mol. The average Bonchev–Trinajstić information content (AvgIpc) is 3.05. The Morgan fingerprint density at radius 1 is 1.15 bits per heavy atom. The van der Waals surface area contributed by atoms with Crippen LogP contribution in [-0.2, 0) is 7.05 Å². The third-order valence-corrected chi connectivity index (χ3v) is 4.49. The number of ether oxygens (including phenoxy) is 1. The average molecular weight is 382 g/mol. The van der Waals surface area contributed by atoms with Crippen molar-refractivity contribution in [1.29, 1.82) is 0 Å². The molecule has 0 aliphatic carbocycles. The maximum atomic E-state index is 12.8. The van der Waals surface area contributed by atoms with Crippen molar-refractivity contribution in [2.45, 2.75) is 6.36 Å². The first kappa shape index (κ1) is 17.9. The number of nitrogens with one attached hydrogen (secondary N) is 1. The van der Waals surface area contributed by atoms with Crippen LogP contribution in [0.3, 0.4) is 0 Å². The molecular weight excluding hydrogens is 369 g/mol. The zero-order valence-corrected chi connectivity index (χ0v) is 14.5. The third-order valence-electron chi connectivity index (χ3n) is 3.51. The van der Waals surface area contributed by atoms with Gasteiger partial charge in [-0.05, 0) is 29.3 Å². The molecule has 0 aliphatic rings. The second-order valence-corrected chi connectivity index (χ2v) is 6.26. The fourth-order valence-corrected chi connectivity index (χ4v) is 2.98. The van der Waals surface area contributed by atoms with E-state index in [9.17, 15) is 18.0 Å². The maximum Gasteiger partial charge on any atom is 0.573 e. The summed E-state index contributed by atoms with van der Waals surface area (Å²) in [4.78, 5) is 11.8. The van der Waals surface area contributed by atoms with Crippen molar-refractivity contribution >= 4 is 16.5 Å². The normalized spacial score (nSPS) is 11.4. The van der Waals surface area contributed by atoms with E-state index in [2.05, 4.69) is 20.3 Å². The molecule has 0 saturated heterocycles. The molecule has 3 aromatic rings. The van der Waals surface area contributed by atoms with E-state index in [0.29, 0.717) is 16.3 Å². The van der Waals surface area contributed by atoms with Crippen LogP contribution < -0.4 is 15.6 Å². The first-order chi connectivity index (χ1) is 12.3. The molecule has 2 heterocycles. The van der Waals surface area contributed by atoms with Gasteiger partial charge in [-0.1, -0.05) is 17.4 Å². The number of pyridine rings is 1. The van der Waals surface area contributed by atoms with E-state index in [-0.39, 0.29) is 16.1 Å². The minimum atomic E-state index is -4.86. The van der Waals surface area contributed by atoms with Gasteiger partial charge in [-0.15, -0.1) is 23.4 Å². The molecule has 0 bridgehead atoms. The topological polar surface area (TPSA) is 69.0 Å². The number of hydrogen-bond acceptors (Lipinski definition) is 6. The summed E-state index contributed by atoms with van der Waals surface area (Å²) in [5, 5.41) is 11.2. The van der Waals surface area contributed by atoms with Gasteiger partial charge in [-0.2, -0.15) is 0 Å². The van der Waals surface area contributed by atoms with Crippen LogP contribution in [0.2, 0.25) is 0 Å². The molecule has 26 heavy (non-hydrogen) atoms. The Hall–Kier alpha value is -2.88. The van der Waals surface area contributed by atoms with E-state index in [1.165, 1.54) is 22.8 Å². The molecule has 1 N–H and O–H groups in total. The van der Waals surface area contributed by atoms with Crippen molar-refractivity contribution in [3.05, 3.63) is 46.9 Å². The van der Waals surface area contributed by atoms with Crippen LogP contribution in [0.15, 0.2) is 41.3 Å². The van der Waals surface area contributed by atoms with Gasteiger partial charge < -0.3 is 14.6 Å². The van der Waals surface area contributed by atoms with Crippen molar-refractivity contribution < 1.29 is 17.9 Å². The van der Waals surface area contributed by atoms with E-state index in [1.54, 1.807) is 32.4 Å². The fraction of sp³-hybridized carbons (Fsp3) is 0.188. The quantitative estimate of drug-likeness (QED) is 0.748. The summed E-state index contributed by atoms with van der Waals surface area (Å²) in [5.41, 5.74) is 0.797. The first-order valence-electron chi connectivity index (χ1n) is 7.35. The standard InChI is InChI=1S/C16H13F3N4O2S/c1-20-15-22-21-14(26-15)11-4-3-9(7-12(11)25-16(17,18)19)10-5-6-23(2)13(24)8-10/h3-8H,1-2H3,(H,20,22). The van der Waals surface area contributed by atoms with Gasteiger partial charge in [0.05, 0.1) is 5.56 Å². The van der Waals surface area contributed by atoms with Crippen molar-refractivity contribution in [2.75, 3.05) is 12.4 Å². The summed E-state index contributed by atoms with van der Waals surface area (Å²) in [7, 11) is 3.22. The molecule has 3 rings (SSSR count). The second kappa shape index (κ2) is 6.79. The van der Waals surface area contributed by atoms with Crippen LogP contribution in [0.4, 0.5) is 18.3 Å². The van der Waals surface area contributed by atoms with E-state index in [4.69, 9.17) is 0 Å². The number of halogens is 3. The Morgan fingerprint density at radius 2 is 1.88 bits per heavy atom. The summed E-state index contributed by atoms with van der Waals surface area (Å²) < 4.78 is 44.1. The number of aryl methyl sites for hydroxylation is 1. The highest BCUT2D eigenvalue weighted by Crippen LogP contribution is 2.38. The van der Waals surface area contributed by atoms with E-state index < -0.39 is 12.1 Å². The maximum absolute atomic E-state index is 12.8. The Labute approximate surface area is 149 Å². The number of alkyl halides is 3. The molecule has 0 radical (unpaired) electrons. The summed E-state index contributed by atoms with van der Waals surface area (Å²) in [6, 6.07) is 7.29. The van der Waals surface area contributed by atoms with Gasteiger partial charge in [0.25, 0.3) is 5.56 Å². The van der Waals surface area contributed by atoms with E-state index in [1.807, 2.05) is 0 Å². The predicted molar refractivity (Wildman–Crippen MR) is 92.3 cm³/mol. The van der Waals surface area contributed by atoms with E-state index >= 15 is 0 Å². The van der Waals surface area contributed by atoms with Crippen molar-refractivity contribution in [3.63, 3.8) is 0 Å². The number of rotatable bonds is 4. The van der Waals surface area contributed by atoms with E-state index in [0.717, 1.165) is 11.3 Å². The molecule has 0 saturated carbocycles. The minimum absolute atomic E-state index is 0.161. The van der Waals surface area contributed by atoms with Gasteiger partial charge in [0.2, 0.25) is 5.13 Å². The van der Waals surface area contributed by atoms with Gasteiger partial charge in [0.1, 0.15) is 5.75 Å². The number of aromatic nitrogens is 3. The molecule has 6 nitrogen and oxygen atoms in total. The Kier molecular flexibility index (Phi) is 4.68. The lowest BCUT2D eigenvalue weighted by Gasteiger charge is -2.13. The fourth-order valence-electron chi connectivity index (χ4n) is 2.25. The van der Waals surface area contributed by atoms with Crippen LogP contribution in [0.5, 0.6) is 5.75 Å². The number of benzene rings is 1. The van der Waals surface area contributed by atoms with Crippen LogP contribution in [-0.4, -0.2) is 28.2 Å². The molecule has 136 valence electrons. The molecule has 0 fully saturated rings. The Bertz CT molecular complexity index is 998. The smallest absolute Gasteiger partial charge is 0.405 e. The summed E-state index contributed by atoms with van der Waals surface area (Å²) in [6.07, 6.45) is -3.32. The predicted octanol–water partition coefficient (Wildman–Crippen LogP) is 3.51. The molecule has 0 spiro atoms. The molecule has 1 aromatic carbocycles. The minimum Gasteiger partial charge on any atom is -0.405 e. The highest BCUT2D eigenvalue weighted by molar-refractivity contribution is 7.18. The molecule has 10 heteroatoms. The van der Waals surface area contributed by atoms with Crippen LogP contribution in [0.1, 0.15) is 0 Å². The molecular formula is C16H13F3N4O2S. The highest BCUT2D eigenvalue weighted by Gasteiger charge is 2.33. The van der Waals surface area contributed by atoms with Crippen molar-refractivity contribution in [1.82, 2.24) is 14.8 Å². The van der Waals surface area contributed by atoms with Gasteiger partial charge in [0, 0.05) is 26.4 Å². The lowest BCUT2D eigenvalue weighted by atomic mass is 10.0. The molecule has 0 unspecified atom stereocenters. The van der Waals surface area contributed by atoms with Gasteiger partial charge in [-0.3, -0.25) is 4.79 Å². The van der Waals surface area contributed by atoms with Gasteiger partial charge >= 0.3 is 6.36 Å². The summed E-state index contributed by atoms with van der Waals surface area (Å²) >= 11 is 1.10. The lowest BCUT2D eigenvalue weighted by Crippen LogP contribution is -2.17. The number of nitrogens with zero attached hydrogens (tertiary/aromatic N) is 3. The molecule has 2 aromatic heterocycles. The summed E-state index contributed by atoms with van der Waals surface area (Å²) in [6.45, 7) is 0. The van der Waals surface area contributed by atoms with Crippen molar-refractivity contribution in [3.8, 4) is 27.4 Å².